The molecule has 4 aromatic rings. The summed E-state index contributed by atoms with van der Waals surface area (Å²) in [6, 6.07) is 32.5. The first-order valence-corrected chi connectivity index (χ1v) is 11.9. The fourth-order valence-electron chi connectivity index (χ4n) is 3.60. The van der Waals surface area contributed by atoms with Crippen molar-refractivity contribution >= 4 is 35.0 Å². The molecule has 1 atom stereocenters. The highest BCUT2D eigenvalue weighted by Gasteiger charge is 2.22. The van der Waals surface area contributed by atoms with Gasteiger partial charge >= 0.3 is 0 Å². The fourth-order valence-corrected chi connectivity index (χ4v) is 4.69. The molecular weight excluding hydrogens is 440 g/mol. The number of nitrogens with one attached hydrogen (secondary N) is 2. The number of hydrogen-bond donors (Lipinski definition) is 2. The summed E-state index contributed by atoms with van der Waals surface area (Å²) < 4.78 is 0. The Morgan fingerprint density at radius 3 is 2.03 bits per heavy atom. The largest absolute Gasteiger partial charge is 0.325 e. The van der Waals surface area contributed by atoms with E-state index in [1.54, 1.807) is 6.07 Å². The molecule has 0 aliphatic heterocycles. The van der Waals surface area contributed by atoms with Crippen molar-refractivity contribution in [2.45, 2.75) is 24.0 Å². The number of anilines is 2. The van der Waals surface area contributed by atoms with Crippen LogP contribution in [0.1, 0.15) is 32.3 Å². The zero-order valence-electron chi connectivity index (χ0n) is 19.1. The second-order valence-corrected chi connectivity index (χ2v) is 9.30. The van der Waals surface area contributed by atoms with Crippen molar-refractivity contribution < 1.29 is 9.59 Å². The van der Waals surface area contributed by atoms with E-state index in [1.165, 1.54) is 11.8 Å². The number of thioether (sulfide) groups is 1. The summed E-state index contributed by atoms with van der Waals surface area (Å²) in [4.78, 5) is 26.9. The highest BCUT2D eigenvalue weighted by atomic mass is 32.2. The molecule has 1 unspecified atom stereocenters. The van der Waals surface area contributed by atoms with Gasteiger partial charge < -0.3 is 10.6 Å². The standard InChI is InChI=1S/C29H26N2O2S/c1-20-9-6-13-23(17-20)28(32)30-25-15-8-16-26(19-25)34-27(22-11-4-3-5-12-22)29(33)31-24-14-7-10-21(2)18-24/h3-19,27H,1-2H3,(H,30,32)(H,31,33). The zero-order chi connectivity index (χ0) is 23.9. The van der Waals surface area contributed by atoms with E-state index in [0.29, 0.717) is 11.3 Å². The lowest BCUT2D eigenvalue weighted by Crippen LogP contribution is -2.19. The molecule has 4 rings (SSSR count). The van der Waals surface area contributed by atoms with Crippen molar-refractivity contribution in [3.63, 3.8) is 0 Å². The molecule has 2 N–H and O–H groups in total. The Bertz CT molecular complexity index is 1300. The Labute approximate surface area is 204 Å². The third kappa shape index (κ3) is 6.15. The van der Waals surface area contributed by atoms with Gasteiger partial charge in [-0.3, -0.25) is 9.59 Å². The highest BCUT2D eigenvalue weighted by molar-refractivity contribution is 8.00. The Kier molecular flexibility index (Phi) is 7.45. The molecule has 2 amide bonds. The third-order valence-electron chi connectivity index (χ3n) is 5.25. The molecule has 0 radical (unpaired) electrons. The number of carbonyl (C=O) groups excluding carboxylic acids is 2. The van der Waals surface area contributed by atoms with Crippen LogP contribution in [0.5, 0.6) is 0 Å². The quantitative estimate of drug-likeness (QED) is 0.288. The first kappa shape index (κ1) is 23.3. The molecule has 0 bridgehead atoms. The fraction of sp³-hybridized carbons (Fsp3) is 0.103. The first-order chi connectivity index (χ1) is 16.5. The lowest BCUT2D eigenvalue weighted by atomic mass is 10.1. The number of amides is 2. The average Bonchev–Trinajstić information content (AvgIpc) is 2.83. The average molecular weight is 467 g/mol. The molecule has 0 fully saturated rings. The second-order valence-electron chi connectivity index (χ2n) is 8.12. The third-order valence-corrected chi connectivity index (χ3v) is 6.50. The van der Waals surface area contributed by atoms with Crippen molar-refractivity contribution in [3.05, 3.63) is 125 Å². The summed E-state index contributed by atoms with van der Waals surface area (Å²) in [7, 11) is 0. The Morgan fingerprint density at radius 2 is 1.32 bits per heavy atom. The highest BCUT2D eigenvalue weighted by Crippen LogP contribution is 2.37. The predicted octanol–water partition coefficient (Wildman–Crippen LogP) is 7.03. The first-order valence-electron chi connectivity index (χ1n) is 11.1. The van der Waals surface area contributed by atoms with Crippen LogP contribution in [0.25, 0.3) is 0 Å². The van der Waals surface area contributed by atoms with Crippen molar-refractivity contribution in [1.29, 1.82) is 0 Å². The molecule has 34 heavy (non-hydrogen) atoms. The van der Waals surface area contributed by atoms with Gasteiger partial charge in [0.05, 0.1) is 0 Å². The van der Waals surface area contributed by atoms with Gasteiger partial charge in [-0.2, -0.15) is 0 Å². The lowest BCUT2D eigenvalue weighted by Gasteiger charge is -2.18. The van der Waals surface area contributed by atoms with Gasteiger partial charge in [0.1, 0.15) is 5.25 Å². The summed E-state index contributed by atoms with van der Waals surface area (Å²) in [6.45, 7) is 3.95. The SMILES string of the molecule is Cc1cccc(NC(=O)C(Sc2cccc(NC(=O)c3cccc(C)c3)c2)c2ccccc2)c1. The smallest absolute Gasteiger partial charge is 0.255 e. The van der Waals surface area contributed by atoms with E-state index in [-0.39, 0.29) is 11.8 Å². The molecule has 5 heteroatoms. The number of aryl methyl sites for hydroxylation is 2. The van der Waals surface area contributed by atoms with Gasteiger partial charge in [-0.15, -0.1) is 11.8 Å². The van der Waals surface area contributed by atoms with Crippen LogP contribution in [-0.4, -0.2) is 11.8 Å². The molecule has 0 spiro atoms. The van der Waals surface area contributed by atoms with Crippen LogP contribution in [0.2, 0.25) is 0 Å². The molecule has 4 aromatic carbocycles. The van der Waals surface area contributed by atoms with Crippen molar-refractivity contribution in [3.8, 4) is 0 Å². The predicted molar refractivity (Wildman–Crippen MR) is 140 cm³/mol. The minimum Gasteiger partial charge on any atom is -0.325 e. The van der Waals surface area contributed by atoms with Crippen LogP contribution >= 0.6 is 11.8 Å². The van der Waals surface area contributed by atoms with E-state index in [9.17, 15) is 9.59 Å². The Hall–Kier alpha value is -3.83. The maximum atomic E-state index is 13.3. The van der Waals surface area contributed by atoms with Gasteiger partial charge in [0.2, 0.25) is 5.91 Å². The number of benzene rings is 4. The van der Waals surface area contributed by atoms with E-state index in [4.69, 9.17) is 0 Å². The molecule has 0 saturated carbocycles. The van der Waals surface area contributed by atoms with E-state index in [0.717, 1.165) is 27.3 Å². The van der Waals surface area contributed by atoms with Crippen LogP contribution in [0.3, 0.4) is 0 Å². The molecule has 170 valence electrons. The van der Waals surface area contributed by atoms with E-state index >= 15 is 0 Å². The van der Waals surface area contributed by atoms with Gasteiger partial charge in [-0.05, 0) is 67.4 Å². The van der Waals surface area contributed by atoms with Gasteiger partial charge in [-0.25, -0.2) is 0 Å². The van der Waals surface area contributed by atoms with Crippen LogP contribution in [0, 0.1) is 13.8 Å². The van der Waals surface area contributed by atoms with Gasteiger partial charge in [0, 0.05) is 21.8 Å². The van der Waals surface area contributed by atoms with Gasteiger partial charge in [0.25, 0.3) is 5.91 Å². The maximum Gasteiger partial charge on any atom is 0.255 e. The molecule has 0 aromatic heterocycles. The minimum atomic E-state index is -0.454. The topological polar surface area (TPSA) is 58.2 Å². The summed E-state index contributed by atoms with van der Waals surface area (Å²) >= 11 is 1.45. The van der Waals surface area contributed by atoms with Crippen molar-refractivity contribution in [2.24, 2.45) is 0 Å². The number of rotatable bonds is 7. The van der Waals surface area contributed by atoms with Gasteiger partial charge in [0.15, 0.2) is 0 Å². The summed E-state index contributed by atoms with van der Waals surface area (Å²) in [5.41, 5.74) is 5.08. The number of carbonyl (C=O) groups is 2. The van der Waals surface area contributed by atoms with Crippen molar-refractivity contribution in [1.82, 2.24) is 0 Å². The summed E-state index contributed by atoms with van der Waals surface area (Å²) in [5, 5.41) is 5.55. The molecular formula is C29H26N2O2S. The zero-order valence-corrected chi connectivity index (χ0v) is 19.9. The van der Waals surface area contributed by atoms with Crippen LogP contribution in [0.4, 0.5) is 11.4 Å². The van der Waals surface area contributed by atoms with E-state index in [1.807, 2.05) is 111 Å². The second kappa shape index (κ2) is 10.9. The van der Waals surface area contributed by atoms with E-state index < -0.39 is 5.25 Å². The van der Waals surface area contributed by atoms with Crippen LogP contribution < -0.4 is 10.6 Å². The Morgan fingerprint density at radius 1 is 0.676 bits per heavy atom. The summed E-state index contributed by atoms with van der Waals surface area (Å²) in [5.74, 6) is -0.265. The molecule has 0 aliphatic rings. The molecule has 0 aliphatic carbocycles. The normalized spacial score (nSPS) is 11.5. The summed E-state index contributed by atoms with van der Waals surface area (Å²) in [6.07, 6.45) is 0. The minimum absolute atomic E-state index is 0.101. The molecule has 0 saturated heterocycles. The van der Waals surface area contributed by atoms with E-state index in [2.05, 4.69) is 10.6 Å². The molecule has 4 nitrogen and oxygen atoms in total. The van der Waals surface area contributed by atoms with Crippen LogP contribution in [0.15, 0.2) is 108 Å². The van der Waals surface area contributed by atoms with Crippen molar-refractivity contribution in [2.75, 3.05) is 10.6 Å². The van der Waals surface area contributed by atoms with Crippen LogP contribution in [-0.2, 0) is 4.79 Å². The maximum absolute atomic E-state index is 13.3. The molecule has 0 heterocycles. The lowest BCUT2D eigenvalue weighted by molar-refractivity contribution is -0.115. The van der Waals surface area contributed by atoms with Gasteiger partial charge in [-0.1, -0.05) is 66.2 Å². The Balaban J connectivity index is 1.54. The monoisotopic (exact) mass is 466 g/mol. The number of hydrogen-bond acceptors (Lipinski definition) is 3.